The first kappa shape index (κ1) is 24.6. The molecule has 1 atom stereocenters. The van der Waals surface area contributed by atoms with Crippen LogP contribution in [0.15, 0.2) is 42.5 Å². The molecule has 3 rings (SSSR count). The second-order valence-corrected chi connectivity index (χ2v) is 9.07. The van der Waals surface area contributed by atoms with E-state index >= 15 is 0 Å². The monoisotopic (exact) mass is 470 g/mol. The van der Waals surface area contributed by atoms with Crippen LogP contribution < -0.4 is 10.6 Å². The Kier molecular flexibility index (Phi) is 8.33. The summed E-state index contributed by atoms with van der Waals surface area (Å²) in [5.41, 5.74) is 2.83. The quantitative estimate of drug-likeness (QED) is 0.640. The summed E-state index contributed by atoms with van der Waals surface area (Å²) in [6.07, 6.45) is 2.20. The maximum absolute atomic E-state index is 12.8. The van der Waals surface area contributed by atoms with Crippen molar-refractivity contribution in [2.45, 2.75) is 26.7 Å². The molecule has 7 nitrogen and oxygen atoms in total. The summed E-state index contributed by atoms with van der Waals surface area (Å²) in [6, 6.07) is 12.4. The van der Waals surface area contributed by atoms with Crippen molar-refractivity contribution in [2.24, 2.45) is 5.92 Å². The van der Waals surface area contributed by atoms with Crippen LogP contribution in [0.25, 0.3) is 0 Å². The molecule has 33 heavy (non-hydrogen) atoms. The summed E-state index contributed by atoms with van der Waals surface area (Å²) in [7, 11) is 1.57. The van der Waals surface area contributed by atoms with E-state index in [1.54, 1.807) is 37.4 Å². The van der Waals surface area contributed by atoms with E-state index in [2.05, 4.69) is 17.6 Å². The number of nitrogens with zero attached hydrogens (tertiary/aromatic N) is 2. The van der Waals surface area contributed by atoms with Crippen LogP contribution in [0.1, 0.15) is 35.7 Å². The van der Waals surface area contributed by atoms with Crippen molar-refractivity contribution in [1.82, 2.24) is 9.80 Å². The number of carbonyl (C=O) groups is 3. The molecule has 1 aliphatic heterocycles. The minimum Gasteiger partial charge on any atom is -0.376 e. The van der Waals surface area contributed by atoms with E-state index < -0.39 is 0 Å². The average molecular weight is 471 g/mol. The Morgan fingerprint density at radius 3 is 2.61 bits per heavy atom. The molecule has 1 heterocycles. The Balaban J connectivity index is 1.51. The maximum Gasteiger partial charge on any atom is 0.253 e. The SMILES string of the molecule is Cc1cc(C(=O)N2CCCC(C)C2)ccc1NCC(=O)N(C)CC(=O)Nc1ccccc1Cl. The van der Waals surface area contributed by atoms with E-state index in [-0.39, 0.29) is 30.8 Å². The highest BCUT2D eigenvalue weighted by Gasteiger charge is 2.22. The summed E-state index contributed by atoms with van der Waals surface area (Å²) in [5, 5.41) is 6.25. The molecule has 0 spiro atoms. The van der Waals surface area contributed by atoms with Gasteiger partial charge in [-0.1, -0.05) is 30.7 Å². The van der Waals surface area contributed by atoms with Crippen LogP contribution in [-0.2, 0) is 9.59 Å². The van der Waals surface area contributed by atoms with Crippen molar-refractivity contribution in [3.05, 3.63) is 58.6 Å². The van der Waals surface area contributed by atoms with Crippen molar-refractivity contribution in [3.8, 4) is 0 Å². The van der Waals surface area contributed by atoms with Gasteiger partial charge in [-0.3, -0.25) is 14.4 Å². The molecule has 0 radical (unpaired) electrons. The van der Waals surface area contributed by atoms with Gasteiger partial charge in [0.1, 0.15) is 0 Å². The molecule has 0 bridgehead atoms. The fourth-order valence-corrected chi connectivity index (χ4v) is 4.10. The van der Waals surface area contributed by atoms with Gasteiger partial charge in [-0.05, 0) is 61.6 Å². The molecular weight excluding hydrogens is 440 g/mol. The van der Waals surface area contributed by atoms with Gasteiger partial charge in [-0.2, -0.15) is 0 Å². The molecule has 8 heteroatoms. The first-order valence-corrected chi connectivity index (χ1v) is 11.5. The number of nitrogens with one attached hydrogen (secondary N) is 2. The fraction of sp³-hybridized carbons (Fsp3) is 0.400. The third-order valence-electron chi connectivity index (χ3n) is 5.80. The maximum atomic E-state index is 12.8. The first-order valence-electron chi connectivity index (χ1n) is 11.2. The molecule has 2 N–H and O–H groups in total. The van der Waals surface area contributed by atoms with Crippen LogP contribution in [0.5, 0.6) is 0 Å². The zero-order chi connectivity index (χ0) is 24.0. The van der Waals surface area contributed by atoms with Gasteiger partial charge in [-0.15, -0.1) is 0 Å². The summed E-state index contributed by atoms with van der Waals surface area (Å²) >= 11 is 6.05. The van der Waals surface area contributed by atoms with E-state index in [0.29, 0.717) is 22.2 Å². The lowest BCUT2D eigenvalue weighted by Crippen LogP contribution is -2.39. The summed E-state index contributed by atoms with van der Waals surface area (Å²) in [4.78, 5) is 40.8. The minimum absolute atomic E-state index is 0.0354. The van der Waals surface area contributed by atoms with Crippen molar-refractivity contribution >= 4 is 40.7 Å². The number of likely N-dealkylation sites (tertiary alicyclic amines) is 1. The number of carbonyl (C=O) groups excluding carboxylic acids is 3. The van der Waals surface area contributed by atoms with Crippen molar-refractivity contribution < 1.29 is 14.4 Å². The smallest absolute Gasteiger partial charge is 0.253 e. The third kappa shape index (κ3) is 6.71. The Labute approximate surface area is 200 Å². The molecule has 176 valence electrons. The Bertz CT molecular complexity index is 1030. The van der Waals surface area contributed by atoms with E-state index in [9.17, 15) is 14.4 Å². The second kappa shape index (κ2) is 11.2. The molecule has 1 aliphatic rings. The lowest BCUT2D eigenvalue weighted by atomic mass is 9.99. The predicted octanol–water partition coefficient (Wildman–Crippen LogP) is 4.03. The van der Waals surface area contributed by atoms with Gasteiger partial charge >= 0.3 is 0 Å². The number of anilines is 2. The topological polar surface area (TPSA) is 81.8 Å². The zero-order valence-corrected chi connectivity index (χ0v) is 20.1. The van der Waals surface area contributed by atoms with Gasteiger partial charge in [0.05, 0.1) is 23.8 Å². The lowest BCUT2D eigenvalue weighted by molar-refractivity contribution is -0.131. The highest BCUT2D eigenvalue weighted by molar-refractivity contribution is 6.33. The van der Waals surface area contributed by atoms with Crippen LogP contribution in [0, 0.1) is 12.8 Å². The largest absolute Gasteiger partial charge is 0.376 e. The highest BCUT2D eigenvalue weighted by Crippen LogP contribution is 2.22. The van der Waals surface area contributed by atoms with Crippen LogP contribution in [0.4, 0.5) is 11.4 Å². The van der Waals surface area contributed by atoms with E-state index in [1.807, 2.05) is 24.0 Å². The van der Waals surface area contributed by atoms with Gasteiger partial charge in [-0.25, -0.2) is 0 Å². The zero-order valence-electron chi connectivity index (χ0n) is 19.4. The summed E-state index contributed by atoms with van der Waals surface area (Å²) in [5.74, 6) is 0.0206. The minimum atomic E-state index is -0.329. The number of likely N-dealkylation sites (N-methyl/N-ethyl adjacent to an activating group) is 1. The van der Waals surface area contributed by atoms with Crippen molar-refractivity contribution in [1.29, 1.82) is 0 Å². The fourth-order valence-electron chi connectivity index (χ4n) is 3.91. The van der Waals surface area contributed by atoms with Gasteiger partial charge in [0.25, 0.3) is 5.91 Å². The molecule has 3 amide bonds. The second-order valence-electron chi connectivity index (χ2n) is 8.66. The molecule has 0 saturated carbocycles. The number of para-hydroxylation sites is 1. The number of aryl methyl sites for hydroxylation is 1. The number of rotatable bonds is 7. The number of halogens is 1. The number of hydrogen-bond donors (Lipinski definition) is 2. The third-order valence-corrected chi connectivity index (χ3v) is 6.13. The van der Waals surface area contributed by atoms with E-state index in [4.69, 9.17) is 11.6 Å². The van der Waals surface area contributed by atoms with Crippen LogP contribution in [0.2, 0.25) is 5.02 Å². The average Bonchev–Trinajstić information content (AvgIpc) is 2.79. The molecule has 1 saturated heterocycles. The highest BCUT2D eigenvalue weighted by atomic mass is 35.5. The standard InChI is InChI=1S/C25H31ClN4O3/c1-17-7-6-12-30(15-17)25(33)19-10-11-21(18(2)13-19)27-14-24(32)29(3)16-23(31)28-22-9-5-4-8-20(22)26/h4-5,8-11,13,17,27H,6-7,12,14-16H2,1-3H3,(H,28,31). The summed E-state index contributed by atoms with van der Waals surface area (Å²) < 4.78 is 0. The van der Waals surface area contributed by atoms with Crippen molar-refractivity contribution in [2.75, 3.05) is 43.9 Å². The number of amides is 3. The van der Waals surface area contributed by atoms with Gasteiger partial charge in [0, 0.05) is 31.4 Å². The van der Waals surface area contributed by atoms with Crippen LogP contribution in [0.3, 0.4) is 0 Å². The van der Waals surface area contributed by atoms with Gasteiger partial charge in [0.2, 0.25) is 11.8 Å². The Morgan fingerprint density at radius 2 is 1.91 bits per heavy atom. The Morgan fingerprint density at radius 1 is 1.15 bits per heavy atom. The molecule has 2 aromatic carbocycles. The molecule has 1 unspecified atom stereocenters. The van der Waals surface area contributed by atoms with Gasteiger partial charge < -0.3 is 20.4 Å². The van der Waals surface area contributed by atoms with Crippen LogP contribution in [-0.4, -0.2) is 60.7 Å². The Hall–Kier alpha value is -3.06. The van der Waals surface area contributed by atoms with Crippen LogP contribution >= 0.6 is 11.6 Å². The van der Waals surface area contributed by atoms with E-state index in [1.165, 1.54) is 4.90 Å². The number of benzene rings is 2. The molecular formula is C25H31ClN4O3. The number of hydrogen-bond acceptors (Lipinski definition) is 4. The molecule has 0 aliphatic carbocycles. The van der Waals surface area contributed by atoms with E-state index in [0.717, 1.165) is 37.2 Å². The summed E-state index contributed by atoms with van der Waals surface area (Å²) in [6.45, 7) is 5.62. The predicted molar refractivity (Wildman–Crippen MR) is 132 cm³/mol. The normalized spacial score (nSPS) is 15.6. The lowest BCUT2D eigenvalue weighted by Gasteiger charge is -2.31. The molecule has 1 fully saturated rings. The molecule has 2 aromatic rings. The first-order chi connectivity index (χ1) is 15.7. The van der Waals surface area contributed by atoms with Gasteiger partial charge in [0.15, 0.2) is 0 Å². The van der Waals surface area contributed by atoms with Crippen molar-refractivity contribution in [3.63, 3.8) is 0 Å². The number of piperidine rings is 1. The molecule has 0 aromatic heterocycles.